The van der Waals surface area contributed by atoms with Crippen molar-refractivity contribution in [1.82, 2.24) is 4.90 Å². The third-order valence-corrected chi connectivity index (χ3v) is 3.07. The van der Waals surface area contributed by atoms with Crippen LogP contribution in [0.4, 0.5) is 13.2 Å². The van der Waals surface area contributed by atoms with E-state index in [0.29, 0.717) is 9.37 Å². The maximum Gasteiger partial charge on any atom is 0.406 e. The van der Waals surface area contributed by atoms with Crippen LogP contribution in [0.3, 0.4) is 0 Å². The summed E-state index contributed by atoms with van der Waals surface area (Å²) >= 11 is 3.14. The number of rotatable bonds is 4. The molecule has 0 fully saturated rings. The number of amides is 1. The first kappa shape index (κ1) is 16.0. The Bertz CT molecular complexity index is 463. The highest BCUT2D eigenvalue weighted by Crippen LogP contribution is 2.22. The van der Waals surface area contributed by atoms with E-state index in [1.807, 2.05) is 0 Å². The Morgan fingerprint density at radius 1 is 1.42 bits per heavy atom. The highest BCUT2D eigenvalue weighted by atomic mass is 79.9. The number of aliphatic hydroxyl groups is 1. The molecule has 0 atom stereocenters. The molecular formula is C12H13BrF3NO2. The van der Waals surface area contributed by atoms with Crippen molar-refractivity contribution in [3.05, 3.63) is 33.8 Å². The Balaban J connectivity index is 3.02. The number of aryl methyl sites for hydroxylation is 1. The minimum atomic E-state index is -4.50. The van der Waals surface area contributed by atoms with E-state index in [-0.39, 0.29) is 12.1 Å². The molecule has 0 aromatic heterocycles. The number of carbonyl (C=O) groups excluding carboxylic acids is 1. The minimum absolute atomic E-state index is 0.151. The lowest BCUT2D eigenvalue weighted by Crippen LogP contribution is -2.40. The third-order valence-electron chi connectivity index (χ3n) is 2.38. The molecule has 0 radical (unpaired) electrons. The molecule has 0 aliphatic carbocycles. The number of hydrogen-bond acceptors (Lipinski definition) is 2. The predicted molar refractivity (Wildman–Crippen MR) is 67.9 cm³/mol. The van der Waals surface area contributed by atoms with E-state index >= 15 is 0 Å². The summed E-state index contributed by atoms with van der Waals surface area (Å²) in [5.74, 6) is -0.762. The summed E-state index contributed by atoms with van der Waals surface area (Å²) in [6, 6.07) is 4.85. The van der Waals surface area contributed by atoms with Crippen LogP contribution in [-0.2, 0) is 0 Å². The summed E-state index contributed by atoms with van der Waals surface area (Å²) in [6.45, 7) is -0.528. The van der Waals surface area contributed by atoms with Gasteiger partial charge in [0.25, 0.3) is 5.91 Å². The summed E-state index contributed by atoms with van der Waals surface area (Å²) in [5, 5.41) is 8.78. The lowest BCUT2D eigenvalue weighted by molar-refractivity contribution is -0.141. The molecule has 0 saturated carbocycles. The zero-order valence-electron chi connectivity index (χ0n) is 10.2. The van der Waals surface area contributed by atoms with E-state index in [9.17, 15) is 18.0 Å². The number of nitrogens with zero attached hydrogens (tertiary/aromatic N) is 1. The quantitative estimate of drug-likeness (QED) is 0.916. The molecule has 0 spiro atoms. The average Bonchev–Trinajstić information content (AvgIpc) is 2.29. The van der Waals surface area contributed by atoms with Crippen molar-refractivity contribution in [2.24, 2.45) is 0 Å². The highest BCUT2D eigenvalue weighted by molar-refractivity contribution is 9.10. The lowest BCUT2D eigenvalue weighted by atomic mass is 10.1. The molecule has 0 saturated heterocycles. The summed E-state index contributed by atoms with van der Waals surface area (Å²) in [4.78, 5) is 12.7. The van der Waals surface area contributed by atoms with Gasteiger partial charge in [-0.15, -0.1) is 0 Å². The Kier molecular flexibility index (Phi) is 5.37. The van der Waals surface area contributed by atoms with Gasteiger partial charge in [-0.25, -0.2) is 0 Å². The van der Waals surface area contributed by atoms with Gasteiger partial charge in [0.15, 0.2) is 0 Å². The monoisotopic (exact) mass is 339 g/mol. The zero-order valence-corrected chi connectivity index (χ0v) is 11.8. The van der Waals surface area contributed by atoms with Crippen LogP contribution < -0.4 is 0 Å². The third kappa shape index (κ3) is 4.83. The Morgan fingerprint density at radius 2 is 2.05 bits per heavy atom. The summed E-state index contributed by atoms with van der Waals surface area (Å²) in [7, 11) is 0. The number of aliphatic hydroxyl groups excluding tert-OH is 1. The standard InChI is InChI=1S/C12H13BrF3NO2/c1-8-2-3-10(13)9(6-8)11(19)17(4-5-18)7-12(14,15)16/h2-3,6,18H,4-5,7H2,1H3. The summed E-state index contributed by atoms with van der Waals surface area (Å²) in [5.41, 5.74) is 0.917. The molecule has 106 valence electrons. The minimum Gasteiger partial charge on any atom is -0.395 e. The molecule has 1 aromatic carbocycles. The molecule has 3 nitrogen and oxygen atoms in total. The molecule has 0 unspecified atom stereocenters. The average molecular weight is 340 g/mol. The fourth-order valence-corrected chi connectivity index (χ4v) is 1.98. The molecule has 1 amide bonds. The predicted octanol–water partition coefficient (Wildman–Crippen LogP) is 2.75. The van der Waals surface area contributed by atoms with E-state index in [4.69, 9.17) is 5.11 Å². The normalized spacial score (nSPS) is 11.5. The van der Waals surface area contributed by atoms with Gasteiger partial charge in [-0.2, -0.15) is 13.2 Å². The molecule has 1 N–H and O–H groups in total. The van der Waals surface area contributed by atoms with Gasteiger partial charge in [-0.05, 0) is 35.0 Å². The van der Waals surface area contributed by atoms with Crippen molar-refractivity contribution < 1.29 is 23.1 Å². The van der Waals surface area contributed by atoms with Crippen molar-refractivity contribution >= 4 is 21.8 Å². The van der Waals surface area contributed by atoms with Crippen LogP contribution in [0.15, 0.2) is 22.7 Å². The highest BCUT2D eigenvalue weighted by Gasteiger charge is 2.33. The molecule has 7 heteroatoms. The molecule has 0 bridgehead atoms. The second-order valence-corrected chi connectivity index (χ2v) is 4.90. The van der Waals surface area contributed by atoms with Gasteiger partial charge in [-0.1, -0.05) is 11.6 Å². The molecule has 0 heterocycles. The van der Waals surface area contributed by atoms with E-state index in [1.54, 1.807) is 19.1 Å². The first-order valence-corrected chi connectivity index (χ1v) is 6.27. The van der Waals surface area contributed by atoms with Gasteiger partial charge in [-0.3, -0.25) is 4.79 Å². The Labute approximate surface area is 117 Å². The van der Waals surface area contributed by atoms with Crippen LogP contribution in [0.25, 0.3) is 0 Å². The second kappa shape index (κ2) is 6.38. The van der Waals surface area contributed by atoms with Crippen molar-refractivity contribution in [2.45, 2.75) is 13.1 Å². The van der Waals surface area contributed by atoms with E-state index in [0.717, 1.165) is 5.56 Å². The van der Waals surface area contributed by atoms with E-state index < -0.39 is 25.2 Å². The fraction of sp³-hybridized carbons (Fsp3) is 0.417. The molecule has 19 heavy (non-hydrogen) atoms. The number of halogens is 4. The zero-order chi connectivity index (χ0) is 14.6. The Morgan fingerprint density at radius 3 is 2.58 bits per heavy atom. The van der Waals surface area contributed by atoms with Crippen molar-refractivity contribution in [3.63, 3.8) is 0 Å². The van der Waals surface area contributed by atoms with E-state index in [2.05, 4.69) is 15.9 Å². The second-order valence-electron chi connectivity index (χ2n) is 4.05. The van der Waals surface area contributed by atoms with Crippen LogP contribution >= 0.6 is 15.9 Å². The smallest absolute Gasteiger partial charge is 0.395 e. The maximum atomic E-state index is 12.4. The first-order chi connectivity index (χ1) is 8.74. The lowest BCUT2D eigenvalue weighted by Gasteiger charge is -2.23. The van der Waals surface area contributed by atoms with Gasteiger partial charge < -0.3 is 10.0 Å². The molecule has 1 rings (SSSR count). The summed E-state index contributed by atoms with van der Waals surface area (Å²) < 4.78 is 37.6. The van der Waals surface area contributed by atoms with Crippen LogP contribution in [0, 0.1) is 6.92 Å². The van der Waals surface area contributed by atoms with Crippen LogP contribution in [0.2, 0.25) is 0 Å². The Hall–Kier alpha value is -1.08. The van der Waals surface area contributed by atoms with Crippen molar-refractivity contribution in [3.8, 4) is 0 Å². The van der Waals surface area contributed by atoms with Gasteiger partial charge >= 0.3 is 6.18 Å². The van der Waals surface area contributed by atoms with E-state index in [1.165, 1.54) is 6.07 Å². The number of carbonyl (C=O) groups is 1. The first-order valence-electron chi connectivity index (χ1n) is 5.47. The van der Waals surface area contributed by atoms with Gasteiger partial charge in [0.1, 0.15) is 6.54 Å². The molecule has 0 aliphatic heterocycles. The van der Waals surface area contributed by atoms with Gasteiger partial charge in [0, 0.05) is 11.0 Å². The molecule has 0 aliphatic rings. The molecular weight excluding hydrogens is 327 g/mol. The molecule has 1 aromatic rings. The number of alkyl halides is 3. The maximum absolute atomic E-state index is 12.4. The SMILES string of the molecule is Cc1ccc(Br)c(C(=O)N(CCO)CC(F)(F)F)c1. The van der Waals surface area contributed by atoms with Gasteiger partial charge in [0.05, 0.1) is 12.2 Å². The van der Waals surface area contributed by atoms with Crippen LogP contribution in [-0.4, -0.2) is 41.8 Å². The topological polar surface area (TPSA) is 40.5 Å². The fourth-order valence-electron chi connectivity index (χ4n) is 1.56. The summed E-state index contributed by atoms with van der Waals surface area (Å²) in [6.07, 6.45) is -4.50. The van der Waals surface area contributed by atoms with Crippen molar-refractivity contribution in [1.29, 1.82) is 0 Å². The van der Waals surface area contributed by atoms with Crippen LogP contribution in [0.1, 0.15) is 15.9 Å². The number of benzene rings is 1. The largest absolute Gasteiger partial charge is 0.406 e. The van der Waals surface area contributed by atoms with Crippen LogP contribution in [0.5, 0.6) is 0 Å². The number of hydrogen-bond donors (Lipinski definition) is 1. The van der Waals surface area contributed by atoms with Crippen molar-refractivity contribution in [2.75, 3.05) is 19.7 Å². The van der Waals surface area contributed by atoms with Gasteiger partial charge in [0.2, 0.25) is 0 Å².